The number of hydrogen-bond donors (Lipinski definition) is 11. The molecule has 39 nitrogen and oxygen atoms in total. The summed E-state index contributed by atoms with van der Waals surface area (Å²) in [7, 11) is 1.00. The predicted molar refractivity (Wildman–Crippen MR) is 519 cm³/mol. The molecule has 4 saturated heterocycles. The van der Waals surface area contributed by atoms with Gasteiger partial charge in [-0.2, -0.15) is 4.79 Å². The number of likely N-dealkylation sites (tertiary alicyclic amines) is 1. The van der Waals surface area contributed by atoms with Gasteiger partial charge in [-0.3, -0.25) is 9.69 Å². The van der Waals surface area contributed by atoms with Crippen LogP contribution in [0.15, 0.2) is 30.3 Å². The normalized spacial score (nSPS) is 22.8. The van der Waals surface area contributed by atoms with E-state index in [9.17, 15) is 43.2 Å². The number of rotatable bonds is 27. The van der Waals surface area contributed by atoms with Crippen molar-refractivity contribution in [3.63, 3.8) is 0 Å². The molecule has 4 heterocycles. The fourth-order valence-corrected chi connectivity index (χ4v) is 13.6. The number of hydrogen-bond acceptors (Lipinski definition) is 30. The Kier molecular flexibility index (Phi) is 66.7. The summed E-state index contributed by atoms with van der Waals surface area (Å²) >= 11 is 0. The van der Waals surface area contributed by atoms with Gasteiger partial charge < -0.3 is 141 Å². The molecule has 0 unspecified atom stereocenters. The molecule has 7 amide bonds. The van der Waals surface area contributed by atoms with Crippen molar-refractivity contribution in [1.29, 1.82) is 0 Å². The number of nitrogens with zero attached hydrogens (tertiary/aromatic N) is 5. The van der Waals surface area contributed by atoms with E-state index in [2.05, 4.69) is 68.8 Å². The fourth-order valence-electron chi connectivity index (χ4n) is 13.6. The Balaban J connectivity index is 0. The summed E-state index contributed by atoms with van der Waals surface area (Å²) < 4.78 is 73.3. The number of benzene rings is 1. The second-order valence-electron chi connectivity index (χ2n) is 40.5. The molecule has 3 radical (unpaired) electrons. The summed E-state index contributed by atoms with van der Waals surface area (Å²) in [5, 5.41) is 47.9. The molecule has 0 aromatic heterocycles. The molecule has 11 rings (SSSR count). The summed E-state index contributed by atoms with van der Waals surface area (Å²) in [6, 6.07) is 10.7. The van der Waals surface area contributed by atoms with Crippen molar-refractivity contribution in [1.82, 2.24) is 57.2 Å². The number of piperidine rings is 1. The zero-order valence-electron chi connectivity index (χ0n) is 88.2. The Bertz CT molecular complexity index is 3360. The van der Waals surface area contributed by atoms with Crippen LogP contribution in [-0.2, 0) is 82.5 Å². The van der Waals surface area contributed by atoms with Gasteiger partial charge in [-0.05, 0) is 266 Å². The molecule has 10 fully saturated rings. The van der Waals surface area contributed by atoms with E-state index in [1.54, 1.807) is 11.8 Å². The number of carbonyl (C=O) groups is 9. The smallest absolute Gasteiger partial charge is 1.00 e. The molecule has 785 valence electrons. The number of carbonyl (C=O) groups excluding carboxylic acids is 9. The monoisotopic (exact) mass is 1950 g/mol. The van der Waals surface area contributed by atoms with Gasteiger partial charge in [0.2, 0.25) is 0 Å². The Labute approximate surface area is 832 Å². The van der Waals surface area contributed by atoms with Gasteiger partial charge in [0.15, 0.2) is 5.78 Å². The third-order valence-electron chi connectivity index (χ3n) is 20.5. The third kappa shape index (κ3) is 70.1. The van der Waals surface area contributed by atoms with Crippen LogP contribution in [0.2, 0.25) is 0 Å². The van der Waals surface area contributed by atoms with Crippen LogP contribution in [0.3, 0.4) is 0 Å². The van der Waals surface area contributed by atoms with Crippen LogP contribution in [0.1, 0.15) is 268 Å². The van der Waals surface area contributed by atoms with Gasteiger partial charge in [-0.1, -0.05) is 43.7 Å². The van der Waals surface area contributed by atoms with Crippen molar-refractivity contribution in [3.8, 4) is 0 Å². The van der Waals surface area contributed by atoms with Crippen molar-refractivity contribution < 1.29 is 150 Å². The maximum absolute atomic E-state index is 11.6. The van der Waals surface area contributed by atoms with E-state index < -0.39 is 51.8 Å². The van der Waals surface area contributed by atoms with Gasteiger partial charge >= 0.3 is 73.7 Å². The fraction of sp³-hybridized carbons (Fsp3) is 0.833. The standard InChI is InChI=1S/C16H30N2O3.C15H29N3O3.C12H16N2O2.C12H21NO4.C12H23NO3.C11H21NO4.C9H17NO3.C4H6N2O2.C4H8O.CH4O.B.Li.H/c1-16(2,3)21-15(19)17-13-11-14(12-13)20-10-9-18-7-5-4-6-8-18;1-15(2,3)21-14(19)17-12-10-13(11-12)20-9-8-18-6-4-16-5-7-18;15-12(14-8-6-13-7-9-14)16-10-11-4-2-1-3-5-11;1-8(14)7-16-10-5-9(6-10)13-11(15)17-12(2,3)4;1-5-6-15-10-7-9(8-10)13-11(14)16-12(2,3)4;1-11(2,3)16-10(14)12-8-6-9(7-8)15-5-4-13;1-9(2,3)13-8(12)10-6-4-7(11)5-6;1-2-8-4(7)3-6-5;1-2-4-5-3-1;1-2;;;/h13-14H,4-12H2,1-3H3,(H,17,19);12-13,16H,4-11H2,1-3H3,(H,17,19);1-5,13H,6-10H2;9-10H,5-7H2,1-4H3,(H,13,15);9-10H,5-8H2,1-4H3,(H,13,14);8-9,13H,4-7H2,1-3H3,(H,12,14);6-7,11H,4-5H2,1-3H3,(H,10,12);3H,2H2,1H3;1-4H2;2H,1H3;;;/q;;;;;;;;;;;+1;-1. The van der Waals surface area contributed by atoms with E-state index in [1.807, 2.05) is 155 Å². The first-order chi connectivity index (χ1) is 63.4. The van der Waals surface area contributed by atoms with Crippen LogP contribution in [0.25, 0.3) is 5.53 Å². The topological polar surface area (TPSA) is 486 Å². The molecule has 0 spiro atoms. The molecule has 0 atom stereocenters. The van der Waals surface area contributed by atoms with Crippen LogP contribution in [0, 0.1) is 0 Å². The van der Waals surface area contributed by atoms with E-state index in [0.29, 0.717) is 51.1 Å². The maximum atomic E-state index is 11.6. The van der Waals surface area contributed by atoms with Crippen LogP contribution < -0.4 is 61.4 Å². The quantitative estimate of drug-likeness (QED) is 0.00994. The number of ether oxygens (including phenoxy) is 14. The number of aliphatic hydroxyl groups excluding tert-OH is 3. The third-order valence-corrected chi connectivity index (χ3v) is 20.5. The Morgan fingerprint density at radius 2 is 0.766 bits per heavy atom. The van der Waals surface area contributed by atoms with Crippen molar-refractivity contribution >= 4 is 69.0 Å². The zero-order chi connectivity index (χ0) is 101. The van der Waals surface area contributed by atoms with Gasteiger partial charge in [0.1, 0.15) is 46.8 Å². The van der Waals surface area contributed by atoms with E-state index in [0.717, 1.165) is 182 Å². The average Bonchev–Trinajstić information content (AvgIpc) is 1.71. The largest absolute Gasteiger partial charge is 1.00 e. The van der Waals surface area contributed by atoms with E-state index >= 15 is 0 Å². The Morgan fingerprint density at radius 3 is 1.06 bits per heavy atom. The van der Waals surface area contributed by atoms with Crippen LogP contribution in [-0.4, -0.2) is 355 Å². The second-order valence-corrected chi connectivity index (χ2v) is 40.5. The van der Waals surface area contributed by atoms with E-state index in [1.165, 1.54) is 52.1 Å². The molecule has 137 heavy (non-hydrogen) atoms. The number of Topliss-reactive ketones (excluding diaryl/α,β-unsaturated/α-hetero) is 1. The van der Waals surface area contributed by atoms with Crippen LogP contribution >= 0.6 is 0 Å². The molecular formula is C96H176BLiN13O26. The summed E-state index contributed by atoms with van der Waals surface area (Å²) in [5.74, 6) is -0.608. The first-order valence-electron chi connectivity index (χ1n) is 48.5. The van der Waals surface area contributed by atoms with Gasteiger partial charge in [0.25, 0.3) is 0 Å². The van der Waals surface area contributed by atoms with Gasteiger partial charge in [-0.15, -0.1) is 0 Å². The zero-order valence-corrected chi connectivity index (χ0v) is 87.2. The van der Waals surface area contributed by atoms with Crippen molar-refractivity contribution in [2.24, 2.45) is 0 Å². The first-order valence-corrected chi connectivity index (χ1v) is 48.5. The maximum Gasteiger partial charge on any atom is 1.00 e. The first kappa shape index (κ1) is 130. The summed E-state index contributed by atoms with van der Waals surface area (Å²) in [6.45, 7) is 56.1. The minimum Gasteiger partial charge on any atom is -1.00 e. The minimum absolute atomic E-state index is 0. The molecule has 6 aliphatic carbocycles. The number of aliphatic hydroxyl groups is 3. The Morgan fingerprint density at radius 1 is 0.453 bits per heavy atom. The molecular weight excluding hydrogens is 1770 g/mol. The van der Waals surface area contributed by atoms with Crippen molar-refractivity contribution in [2.75, 3.05) is 145 Å². The summed E-state index contributed by atoms with van der Waals surface area (Å²) in [6.07, 6.45) is 16.6. The van der Waals surface area contributed by atoms with Crippen molar-refractivity contribution in [2.45, 2.75) is 374 Å². The van der Waals surface area contributed by atoms with Gasteiger partial charge in [-0.25, -0.2) is 38.4 Å². The Hall–Kier alpha value is -7.23. The number of esters is 1. The van der Waals surface area contributed by atoms with E-state index in [4.69, 9.17) is 82.4 Å². The minimum atomic E-state index is -0.630. The van der Waals surface area contributed by atoms with Gasteiger partial charge in [0.05, 0.1) is 69.7 Å². The number of nitrogens with one attached hydrogen (secondary N) is 8. The number of amides is 7. The number of ketones is 1. The molecule has 41 heteroatoms. The van der Waals surface area contributed by atoms with Crippen LogP contribution in [0.5, 0.6) is 0 Å². The number of alkyl carbamates (subject to hydrolysis) is 6. The average molecular weight is 1950 g/mol. The second kappa shape index (κ2) is 70.4. The molecule has 6 saturated carbocycles. The summed E-state index contributed by atoms with van der Waals surface area (Å²) in [4.78, 5) is 110. The molecule has 4 aliphatic heterocycles. The number of piperazine rings is 2. The molecule has 1 aromatic carbocycles. The predicted octanol–water partition coefficient (Wildman–Crippen LogP) is 7.93. The SMILES string of the molecule is C1CCOC1.CC(=O)COC1CC(NC(=O)OC(C)(C)C)C1.CC(C)(C)OC(=O)NC1CC(O)C1.CC(C)(C)OC(=O)NC1CC(OCCN2CCCCC2)C1.CC(C)(C)OC(=O)NC1CC(OCCN2CCNCC2)C1.CC(C)(C)OC(=O)NC1CC(OCCO)C1.CCCOC1CC(NC(=O)OC(C)(C)C)C1.CCOC(=O)C=[N+]=[N-].CO.O=C(OCc1ccccc1)N1CCNCC1.[B].[H-].[Li+]. The molecule has 0 bridgehead atoms. The molecule has 1 aromatic rings. The molecule has 10 aliphatic rings. The molecule has 11 N–H and O–H groups in total. The van der Waals surface area contributed by atoms with E-state index in [-0.39, 0.29) is 139 Å². The van der Waals surface area contributed by atoms with Crippen LogP contribution in [0.4, 0.5) is 33.6 Å². The van der Waals surface area contributed by atoms with Gasteiger partial charge in [0, 0.05) is 137 Å². The van der Waals surface area contributed by atoms with Crippen molar-refractivity contribution in [3.05, 3.63) is 41.4 Å². The summed E-state index contributed by atoms with van der Waals surface area (Å²) in [5.41, 5.74) is 6.07.